The predicted octanol–water partition coefficient (Wildman–Crippen LogP) is 3.32. The summed E-state index contributed by atoms with van der Waals surface area (Å²) >= 11 is 0. The summed E-state index contributed by atoms with van der Waals surface area (Å²) in [7, 11) is 0. The maximum Gasteiger partial charge on any atom is 0.185 e. The molecule has 0 aliphatic carbocycles. The van der Waals surface area contributed by atoms with Crippen LogP contribution in [0.5, 0.6) is 5.75 Å². The van der Waals surface area contributed by atoms with E-state index in [1.807, 2.05) is 47.6 Å². The van der Waals surface area contributed by atoms with Gasteiger partial charge in [0, 0.05) is 5.56 Å². The largest absolute Gasteiger partial charge is 0.480 e. The van der Waals surface area contributed by atoms with E-state index >= 15 is 0 Å². The molecule has 0 amide bonds. The molecule has 1 aliphatic heterocycles. The number of aryl methyl sites for hydroxylation is 2. The van der Waals surface area contributed by atoms with Crippen LogP contribution in [0.2, 0.25) is 0 Å². The van der Waals surface area contributed by atoms with Crippen LogP contribution in [0.1, 0.15) is 44.4 Å². The Hall–Kier alpha value is -1.31. The zero-order chi connectivity index (χ0) is 13.0. The molecule has 0 bridgehead atoms. The maximum atomic E-state index is 12.4. The lowest BCUT2D eigenvalue weighted by Gasteiger charge is -2.41. The lowest BCUT2D eigenvalue weighted by atomic mass is 9.71. The first-order valence-electron chi connectivity index (χ1n) is 6.02. The maximum absolute atomic E-state index is 12.4. The van der Waals surface area contributed by atoms with Gasteiger partial charge in [0.15, 0.2) is 11.4 Å². The Labute approximate surface area is 103 Å². The normalized spacial score (nSPS) is 20.7. The molecule has 17 heavy (non-hydrogen) atoms. The number of ketones is 1. The summed E-state index contributed by atoms with van der Waals surface area (Å²) < 4.78 is 5.88. The Morgan fingerprint density at radius 3 is 2.24 bits per heavy atom. The molecule has 0 unspecified atom stereocenters. The number of ether oxygens (including phenoxy) is 1. The minimum absolute atomic E-state index is 0.143. The van der Waals surface area contributed by atoms with Gasteiger partial charge in [-0.3, -0.25) is 4.79 Å². The SMILES string of the molecule is Cc1cc(C)c2c(c1)OC(C)(C)C(=O)C2(C)C. The summed E-state index contributed by atoms with van der Waals surface area (Å²) in [6, 6.07) is 4.13. The summed E-state index contributed by atoms with van der Waals surface area (Å²) in [5, 5.41) is 0. The van der Waals surface area contributed by atoms with Gasteiger partial charge in [0.05, 0.1) is 5.41 Å². The van der Waals surface area contributed by atoms with Crippen LogP contribution >= 0.6 is 0 Å². The average molecular weight is 232 g/mol. The highest BCUT2D eigenvalue weighted by Gasteiger charge is 2.48. The predicted molar refractivity (Wildman–Crippen MR) is 68.7 cm³/mol. The monoisotopic (exact) mass is 232 g/mol. The van der Waals surface area contributed by atoms with Crippen molar-refractivity contribution in [3.63, 3.8) is 0 Å². The van der Waals surface area contributed by atoms with Crippen LogP contribution in [0.3, 0.4) is 0 Å². The fraction of sp³-hybridized carbons (Fsp3) is 0.533. The highest BCUT2D eigenvalue weighted by molar-refractivity contribution is 5.98. The van der Waals surface area contributed by atoms with Crippen molar-refractivity contribution in [2.24, 2.45) is 0 Å². The van der Waals surface area contributed by atoms with Crippen molar-refractivity contribution in [2.75, 3.05) is 0 Å². The minimum atomic E-state index is -0.739. The van der Waals surface area contributed by atoms with Crippen molar-refractivity contribution in [1.82, 2.24) is 0 Å². The van der Waals surface area contributed by atoms with Gasteiger partial charge in [-0.05, 0) is 58.7 Å². The van der Waals surface area contributed by atoms with E-state index < -0.39 is 11.0 Å². The summed E-state index contributed by atoms with van der Waals surface area (Å²) in [4.78, 5) is 12.4. The van der Waals surface area contributed by atoms with Crippen molar-refractivity contribution in [3.8, 4) is 5.75 Å². The molecule has 2 nitrogen and oxygen atoms in total. The first-order chi connectivity index (χ1) is 7.66. The standard InChI is InChI=1S/C15H20O2/c1-9-7-10(2)12-11(8-9)17-15(5,6)13(16)14(12,3)4/h7-8H,1-6H3. The van der Waals surface area contributed by atoms with Gasteiger partial charge in [-0.2, -0.15) is 0 Å². The van der Waals surface area contributed by atoms with Crippen molar-refractivity contribution < 1.29 is 9.53 Å². The molecule has 0 radical (unpaired) electrons. The third kappa shape index (κ3) is 1.67. The van der Waals surface area contributed by atoms with Crippen molar-refractivity contribution in [3.05, 3.63) is 28.8 Å². The second-order valence-electron chi connectivity index (χ2n) is 6.02. The molecule has 0 saturated heterocycles. The highest BCUT2D eigenvalue weighted by Crippen LogP contribution is 2.44. The topological polar surface area (TPSA) is 26.3 Å². The van der Waals surface area contributed by atoms with Gasteiger partial charge >= 0.3 is 0 Å². The summed E-state index contributed by atoms with van der Waals surface area (Å²) in [5.41, 5.74) is 2.12. The molecule has 0 N–H and O–H groups in total. The fourth-order valence-electron chi connectivity index (χ4n) is 3.00. The number of Topliss-reactive ketones (excluding diaryl/α,β-unsaturated/α-hetero) is 1. The van der Waals surface area contributed by atoms with Gasteiger partial charge in [0.1, 0.15) is 5.75 Å². The number of carbonyl (C=O) groups is 1. The van der Waals surface area contributed by atoms with E-state index in [1.165, 1.54) is 5.56 Å². The quantitative estimate of drug-likeness (QED) is 0.686. The van der Waals surface area contributed by atoms with Crippen molar-refractivity contribution in [2.45, 2.75) is 52.6 Å². The van der Waals surface area contributed by atoms with Gasteiger partial charge < -0.3 is 4.74 Å². The first kappa shape index (κ1) is 12.2. The molecule has 1 aromatic carbocycles. The van der Waals surface area contributed by atoms with E-state index in [9.17, 15) is 4.79 Å². The van der Waals surface area contributed by atoms with Crippen LogP contribution < -0.4 is 4.74 Å². The molecule has 0 spiro atoms. The first-order valence-corrected chi connectivity index (χ1v) is 6.02. The Kier molecular flexibility index (Phi) is 2.39. The molecular formula is C15H20O2. The second-order valence-corrected chi connectivity index (χ2v) is 6.02. The lowest BCUT2D eigenvalue weighted by molar-refractivity contribution is -0.139. The zero-order valence-electron chi connectivity index (χ0n) is 11.5. The van der Waals surface area contributed by atoms with Crippen LogP contribution in [-0.4, -0.2) is 11.4 Å². The molecule has 0 aromatic heterocycles. The summed E-state index contributed by atoms with van der Waals surface area (Å²) in [6.45, 7) is 11.8. The molecule has 1 aromatic rings. The van der Waals surface area contributed by atoms with Gasteiger partial charge in [0.2, 0.25) is 0 Å². The Morgan fingerprint density at radius 2 is 1.65 bits per heavy atom. The number of carbonyl (C=O) groups excluding carboxylic acids is 1. The Morgan fingerprint density at radius 1 is 1.06 bits per heavy atom. The molecule has 2 heteroatoms. The second kappa shape index (κ2) is 3.34. The molecule has 0 saturated carbocycles. The van der Waals surface area contributed by atoms with E-state index in [-0.39, 0.29) is 5.78 Å². The van der Waals surface area contributed by atoms with Crippen LogP contribution in [0.25, 0.3) is 0 Å². The van der Waals surface area contributed by atoms with E-state index in [0.29, 0.717) is 0 Å². The molecule has 2 rings (SSSR count). The molecule has 92 valence electrons. The smallest absolute Gasteiger partial charge is 0.185 e. The molecule has 1 aliphatic rings. The molecular weight excluding hydrogens is 212 g/mol. The summed E-state index contributed by atoms with van der Waals surface area (Å²) in [6.07, 6.45) is 0. The minimum Gasteiger partial charge on any atom is -0.480 e. The highest BCUT2D eigenvalue weighted by atomic mass is 16.5. The van der Waals surface area contributed by atoms with Gasteiger partial charge in [-0.1, -0.05) is 6.07 Å². The number of hydrogen-bond acceptors (Lipinski definition) is 2. The zero-order valence-corrected chi connectivity index (χ0v) is 11.5. The van der Waals surface area contributed by atoms with Gasteiger partial charge in [-0.25, -0.2) is 0 Å². The van der Waals surface area contributed by atoms with E-state index in [0.717, 1.165) is 16.9 Å². The van der Waals surface area contributed by atoms with Crippen LogP contribution in [0, 0.1) is 13.8 Å². The molecule has 0 fully saturated rings. The molecule has 0 atom stereocenters. The van der Waals surface area contributed by atoms with Gasteiger partial charge in [0.25, 0.3) is 0 Å². The third-order valence-corrected chi connectivity index (χ3v) is 3.55. The molecule has 1 heterocycles. The van der Waals surface area contributed by atoms with Crippen molar-refractivity contribution in [1.29, 1.82) is 0 Å². The van der Waals surface area contributed by atoms with E-state index in [4.69, 9.17) is 4.74 Å². The number of hydrogen-bond donors (Lipinski definition) is 0. The lowest BCUT2D eigenvalue weighted by Crippen LogP contribution is -2.52. The van der Waals surface area contributed by atoms with Crippen LogP contribution in [0.15, 0.2) is 12.1 Å². The fourth-order valence-corrected chi connectivity index (χ4v) is 3.00. The Bertz CT molecular complexity index is 496. The number of benzene rings is 1. The average Bonchev–Trinajstić information content (AvgIpc) is 2.12. The third-order valence-electron chi connectivity index (χ3n) is 3.55. The van der Waals surface area contributed by atoms with Gasteiger partial charge in [-0.15, -0.1) is 0 Å². The summed E-state index contributed by atoms with van der Waals surface area (Å²) in [5.74, 6) is 1.00. The number of fused-ring (bicyclic) bond motifs is 1. The Balaban J connectivity index is 2.74. The number of rotatable bonds is 0. The van der Waals surface area contributed by atoms with Crippen LogP contribution in [-0.2, 0) is 10.2 Å². The van der Waals surface area contributed by atoms with Crippen LogP contribution in [0.4, 0.5) is 0 Å². The van der Waals surface area contributed by atoms with E-state index in [2.05, 4.69) is 6.07 Å². The van der Waals surface area contributed by atoms with E-state index in [1.54, 1.807) is 0 Å². The van der Waals surface area contributed by atoms with Crippen molar-refractivity contribution >= 4 is 5.78 Å².